The van der Waals surface area contributed by atoms with Gasteiger partial charge in [-0.25, -0.2) is 18.9 Å². The molecule has 0 aliphatic heterocycles. The Kier molecular flexibility index (Phi) is 4.08. The molecule has 8 heteroatoms. The van der Waals surface area contributed by atoms with Gasteiger partial charge in [-0.1, -0.05) is 6.07 Å². The summed E-state index contributed by atoms with van der Waals surface area (Å²) in [4.78, 5) is 29.2. The van der Waals surface area contributed by atoms with E-state index < -0.39 is 0 Å². The van der Waals surface area contributed by atoms with Gasteiger partial charge in [0.1, 0.15) is 18.1 Å². The fourth-order valence-corrected chi connectivity index (χ4v) is 3.01. The Morgan fingerprint density at radius 3 is 2.81 bits per heavy atom. The van der Waals surface area contributed by atoms with Crippen LogP contribution in [0.5, 0.6) is 5.75 Å². The van der Waals surface area contributed by atoms with Gasteiger partial charge >= 0.3 is 5.69 Å². The smallest absolute Gasteiger partial charge is 0.351 e. The number of fused-ring (bicyclic) bond motifs is 3. The molecule has 3 heterocycles. The molecule has 1 N–H and O–H groups in total. The highest BCUT2D eigenvalue weighted by molar-refractivity contribution is 5.89. The van der Waals surface area contributed by atoms with Crippen LogP contribution in [0.25, 0.3) is 16.6 Å². The second-order valence-corrected chi connectivity index (χ2v) is 6.11. The van der Waals surface area contributed by atoms with Crippen LogP contribution in [0.1, 0.15) is 5.56 Å². The Labute approximate surface area is 154 Å². The average Bonchev–Trinajstić information content (AvgIpc) is 2.99. The number of hydrogen-bond donors (Lipinski definition) is 1. The van der Waals surface area contributed by atoms with Crippen LogP contribution in [0, 0.1) is 6.92 Å². The van der Waals surface area contributed by atoms with Crippen LogP contribution in [-0.2, 0) is 11.3 Å². The highest BCUT2D eigenvalue weighted by atomic mass is 16.5. The first-order valence-corrected chi connectivity index (χ1v) is 8.34. The Balaban J connectivity index is 1.75. The number of rotatable bonds is 4. The number of benzene rings is 1. The highest BCUT2D eigenvalue weighted by Crippen LogP contribution is 2.23. The van der Waals surface area contributed by atoms with Crippen molar-refractivity contribution in [2.75, 3.05) is 12.4 Å². The van der Waals surface area contributed by atoms with E-state index in [1.165, 1.54) is 4.40 Å². The molecule has 136 valence electrons. The number of carbonyl (C=O) groups is 1. The molecule has 27 heavy (non-hydrogen) atoms. The van der Waals surface area contributed by atoms with Crippen LogP contribution in [0.4, 0.5) is 5.82 Å². The van der Waals surface area contributed by atoms with E-state index in [4.69, 9.17) is 4.74 Å². The predicted octanol–water partition coefficient (Wildman–Crippen LogP) is 2.00. The lowest BCUT2D eigenvalue weighted by Gasteiger charge is -2.05. The Morgan fingerprint density at radius 2 is 2.07 bits per heavy atom. The van der Waals surface area contributed by atoms with Crippen LogP contribution in [0.3, 0.4) is 0 Å². The summed E-state index contributed by atoms with van der Waals surface area (Å²) in [6.07, 6.45) is 1.58. The molecule has 0 unspecified atom stereocenters. The molecule has 3 aromatic heterocycles. The molecule has 8 nitrogen and oxygen atoms in total. The molecule has 0 radical (unpaired) electrons. The summed E-state index contributed by atoms with van der Waals surface area (Å²) in [6.45, 7) is 1.67. The third-order valence-corrected chi connectivity index (χ3v) is 4.27. The predicted molar refractivity (Wildman–Crippen MR) is 101 cm³/mol. The number of nitrogens with zero attached hydrogens (tertiary/aromatic N) is 4. The first-order valence-electron chi connectivity index (χ1n) is 8.34. The lowest BCUT2D eigenvalue weighted by Crippen LogP contribution is -2.28. The van der Waals surface area contributed by atoms with Crippen molar-refractivity contribution in [3.63, 3.8) is 0 Å². The zero-order valence-corrected chi connectivity index (χ0v) is 14.8. The monoisotopic (exact) mass is 363 g/mol. The maximum atomic E-state index is 12.9. The van der Waals surface area contributed by atoms with E-state index in [1.54, 1.807) is 37.6 Å². The number of anilines is 1. The zero-order valence-electron chi connectivity index (χ0n) is 14.8. The van der Waals surface area contributed by atoms with Gasteiger partial charge in [-0.15, -0.1) is 5.10 Å². The molecule has 0 atom stereocenters. The van der Waals surface area contributed by atoms with Gasteiger partial charge in [-0.2, -0.15) is 0 Å². The molecule has 4 rings (SSSR count). The van der Waals surface area contributed by atoms with Gasteiger partial charge in [-0.05, 0) is 48.9 Å². The number of methoxy groups -OCH3 is 1. The molecule has 0 saturated heterocycles. The molecular weight excluding hydrogens is 346 g/mol. The topological polar surface area (TPSA) is 90.5 Å². The van der Waals surface area contributed by atoms with Gasteiger partial charge in [0.2, 0.25) is 5.91 Å². The molecule has 1 aromatic carbocycles. The van der Waals surface area contributed by atoms with Crippen molar-refractivity contribution < 1.29 is 9.53 Å². The third kappa shape index (κ3) is 3.01. The van der Waals surface area contributed by atoms with E-state index >= 15 is 0 Å². The van der Waals surface area contributed by atoms with Crippen molar-refractivity contribution in [1.29, 1.82) is 0 Å². The summed E-state index contributed by atoms with van der Waals surface area (Å²) >= 11 is 0. The second kappa shape index (κ2) is 6.56. The maximum Gasteiger partial charge on any atom is 0.351 e. The Hall–Kier alpha value is -3.68. The number of amides is 1. The van der Waals surface area contributed by atoms with Crippen LogP contribution in [-0.4, -0.2) is 32.2 Å². The normalized spacial score (nSPS) is 11.0. The standard InChI is InChI=1S/C19H17N5O3/c1-12-9-13-10-14(27-2)6-7-15(13)24-18(12)22-23(19(24)26)11-17(25)21-16-5-3-4-8-20-16/h3-10H,11H2,1-2H3,(H,20,21,25). The van der Waals surface area contributed by atoms with Crippen LogP contribution in [0.15, 0.2) is 53.5 Å². The van der Waals surface area contributed by atoms with E-state index in [-0.39, 0.29) is 18.1 Å². The van der Waals surface area contributed by atoms with Gasteiger partial charge in [0.15, 0.2) is 5.65 Å². The van der Waals surface area contributed by atoms with Crippen molar-refractivity contribution in [2.24, 2.45) is 0 Å². The van der Waals surface area contributed by atoms with E-state index in [0.717, 1.165) is 15.6 Å². The van der Waals surface area contributed by atoms with Crippen LogP contribution >= 0.6 is 0 Å². The summed E-state index contributed by atoms with van der Waals surface area (Å²) in [5.41, 5.74) is 1.68. The molecule has 0 aliphatic carbocycles. The molecule has 4 aromatic rings. The van der Waals surface area contributed by atoms with Crippen molar-refractivity contribution in [2.45, 2.75) is 13.5 Å². The third-order valence-electron chi connectivity index (χ3n) is 4.27. The van der Waals surface area contributed by atoms with Crippen molar-refractivity contribution >= 4 is 28.3 Å². The Morgan fingerprint density at radius 1 is 1.22 bits per heavy atom. The van der Waals surface area contributed by atoms with Gasteiger partial charge in [0.05, 0.1) is 12.6 Å². The van der Waals surface area contributed by atoms with Gasteiger partial charge in [0, 0.05) is 11.6 Å². The number of nitrogens with one attached hydrogen (secondary N) is 1. The number of aromatic nitrogens is 4. The maximum absolute atomic E-state index is 12.9. The largest absolute Gasteiger partial charge is 0.497 e. The number of pyridine rings is 2. The molecule has 1 amide bonds. The fourth-order valence-electron chi connectivity index (χ4n) is 3.01. The molecular formula is C19H17N5O3. The summed E-state index contributed by atoms with van der Waals surface area (Å²) in [5.74, 6) is 0.757. The van der Waals surface area contributed by atoms with E-state index in [1.807, 2.05) is 25.1 Å². The average molecular weight is 363 g/mol. The summed E-state index contributed by atoms with van der Waals surface area (Å²) < 4.78 is 7.92. The van der Waals surface area contributed by atoms with Gasteiger partial charge in [-0.3, -0.25) is 4.79 Å². The van der Waals surface area contributed by atoms with Crippen molar-refractivity contribution in [3.05, 3.63) is 64.7 Å². The van der Waals surface area contributed by atoms with E-state index in [9.17, 15) is 9.59 Å². The van der Waals surface area contributed by atoms with Gasteiger partial charge < -0.3 is 10.1 Å². The first kappa shape index (κ1) is 16.8. The molecule has 0 saturated carbocycles. The van der Waals surface area contributed by atoms with E-state index in [0.29, 0.717) is 22.7 Å². The van der Waals surface area contributed by atoms with Crippen molar-refractivity contribution in [1.82, 2.24) is 19.2 Å². The summed E-state index contributed by atoms with van der Waals surface area (Å²) in [5, 5.41) is 7.85. The van der Waals surface area contributed by atoms with Crippen molar-refractivity contribution in [3.8, 4) is 5.75 Å². The minimum atomic E-state index is -0.375. The van der Waals surface area contributed by atoms with E-state index in [2.05, 4.69) is 15.4 Å². The first-order chi connectivity index (χ1) is 13.1. The number of hydrogen-bond acceptors (Lipinski definition) is 5. The quantitative estimate of drug-likeness (QED) is 0.599. The number of aryl methyl sites for hydroxylation is 1. The molecule has 0 spiro atoms. The lowest BCUT2D eigenvalue weighted by molar-refractivity contribution is -0.117. The lowest BCUT2D eigenvalue weighted by atomic mass is 10.1. The summed E-state index contributed by atoms with van der Waals surface area (Å²) in [6, 6.07) is 12.6. The molecule has 0 aliphatic rings. The van der Waals surface area contributed by atoms with Crippen LogP contribution in [0.2, 0.25) is 0 Å². The van der Waals surface area contributed by atoms with Gasteiger partial charge in [0.25, 0.3) is 0 Å². The summed E-state index contributed by atoms with van der Waals surface area (Å²) in [7, 11) is 1.59. The minimum Gasteiger partial charge on any atom is -0.497 e. The molecule has 0 bridgehead atoms. The highest BCUT2D eigenvalue weighted by Gasteiger charge is 2.15. The fraction of sp³-hybridized carbons (Fsp3) is 0.158. The molecule has 0 fully saturated rings. The Bertz CT molecular complexity index is 1210. The van der Waals surface area contributed by atoms with Crippen LogP contribution < -0.4 is 15.7 Å². The SMILES string of the molecule is COc1ccc2c(c1)cc(C)c1nn(CC(=O)Nc3ccccn3)c(=O)n12. The zero-order chi connectivity index (χ0) is 19.0. The second-order valence-electron chi connectivity index (χ2n) is 6.11. The number of ether oxygens (including phenoxy) is 1. The minimum absolute atomic E-state index is 0.200. The number of carbonyl (C=O) groups excluding carboxylic acids is 1.